The van der Waals surface area contributed by atoms with Crippen molar-refractivity contribution in [1.29, 1.82) is 0 Å². The lowest BCUT2D eigenvalue weighted by Gasteiger charge is -2.31. The molecule has 1 N–H and O–H groups in total. The second-order valence-corrected chi connectivity index (χ2v) is 6.85. The number of halogens is 1. The van der Waals surface area contributed by atoms with E-state index in [4.69, 9.17) is 4.74 Å². The van der Waals surface area contributed by atoms with Gasteiger partial charge in [-0.2, -0.15) is 0 Å². The SMILES string of the molecule is COc1ccc(C(C)NCCN(C(C)C)C(C)C)cc1Br. The predicted molar refractivity (Wildman–Crippen MR) is 94.1 cm³/mol. The van der Waals surface area contributed by atoms with Gasteiger partial charge in [-0.3, -0.25) is 4.90 Å². The summed E-state index contributed by atoms with van der Waals surface area (Å²) in [5, 5.41) is 3.60. The lowest BCUT2D eigenvalue weighted by atomic mass is 10.1. The molecule has 0 aliphatic heterocycles. The van der Waals surface area contributed by atoms with Crippen LogP contribution in [0.2, 0.25) is 0 Å². The summed E-state index contributed by atoms with van der Waals surface area (Å²) in [6.45, 7) is 13.3. The van der Waals surface area contributed by atoms with Crippen molar-refractivity contribution in [2.45, 2.75) is 52.7 Å². The monoisotopic (exact) mass is 356 g/mol. The van der Waals surface area contributed by atoms with Crippen molar-refractivity contribution in [3.05, 3.63) is 28.2 Å². The molecule has 0 saturated carbocycles. The van der Waals surface area contributed by atoms with Gasteiger partial charge >= 0.3 is 0 Å². The summed E-state index contributed by atoms with van der Waals surface area (Å²) < 4.78 is 6.27. The lowest BCUT2D eigenvalue weighted by Crippen LogP contribution is -2.41. The van der Waals surface area contributed by atoms with Gasteiger partial charge in [-0.25, -0.2) is 0 Å². The third-order valence-electron chi connectivity index (χ3n) is 3.82. The van der Waals surface area contributed by atoms with Crippen molar-refractivity contribution >= 4 is 15.9 Å². The molecule has 1 aromatic rings. The van der Waals surface area contributed by atoms with Gasteiger partial charge in [0.1, 0.15) is 5.75 Å². The van der Waals surface area contributed by atoms with Gasteiger partial charge in [0.15, 0.2) is 0 Å². The first-order valence-corrected chi connectivity index (χ1v) is 8.48. The van der Waals surface area contributed by atoms with Gasteiger partial charge in [-0.1, -0.05) is 6.07 Å². The predicted octanol–water partition coefficient (Wildman–Crippen LogP) is 4.23. The summed E-state index contributed by atoms with van der Waals surface area (Å²) in [6.07, 6.45) is 0. The van der Waals surface area contributed by atoms with Gasteiger partial charge in [0, 0.05) is 31.2 Å². The molecule has 0 spiro atoms. The largest absolute Gasteiger partial charge is 0.496 e. The van der Waals surface area contributed by atoms with E-state index in [1.807, 2.05) is 6.07 Å². The minimum atomic E-state index is 0.327. The third kappa shape index (κ3) is 5.61. The molecule has 0 fully saturated rings. The first-order chi connectivity index (χ1) is 9.86. The highest BCUT2D eigenvalue weighted by atomic mass is 79.9. The number of rotatable bonds is 8. The Morgan fingerprint density at radius 3 is 2.24 bits per heavy atom. The normalized spacial score (nSPS) is 13.2. The van der Waals surface area contributed by atoms with E-state index in [1.54, 1.807) is 7.11 Å². The van der Waals surface area contributed by atoms with Crippen LogP contribution >= 0.6 is 15.9 Å². The molecule has 0 bridgehead atoms. The van der Waals surface area contributed by atoms with Gasteiger partial charge in [0.2, 0.25) is 0 Å². The molecule has 4 heteroatoms. The summed E-state index contributed by atoms with van der Waals surface area (Å²) in [5.74, 6) is 0.872. The molecule has 21 heavy (non-hydrogen) atoms. The van der Waals surface area contributed by atoms with Crippen LogP contribution in [-0.4, -0.2) is 37.2 Å². The molecular weight excluding hydrogens is 328 g/mol. The lowest BCUT2D eigenvalue weighted by molar-refractivity contribution is 0.174. The fourth-order valence-electron chi connectivity index (χ4n) is 2.59. The summed E-state index contributed by atoms with van der Waals surface area (Å²) in [6, 6.07) is 7.73. The van der Waals surface area contributed by atoms with Crippen LogP contribution in [0.1, 0.15) is 46.2 Å². The minimum absolute atomic E-state index is 0.327. The van der Waals surface area contributed by atoms with Crippen molar-refractivity contribution in [2.75, 3.05) is 20.2 Å². The van der Waals surface area contributed by atoms with Crippen LogP contribution in [0.25, 0.3) is 0 Å². The average Bonchev–Trinajstić information content (AvgIpc) is 2.42. The van der Waals surface area contributed by atoms with Crippen LogP contribution in [-0.2, 0) is 0 Å². The van der Waals surface area contributed by atoms with Gasteiger partial charge in [0.25, 0.3) is 0 Å². The average molecular weight is 357 g/mol. The van der Waals surface area contributed by atoms with Crippen molar-refractivity contribution in [3.8, 4) is 5.75 Å². The molecule has 1 unspecified atom stereocenters. The molecule has 0 aliphatic rings. The van der Waals surface area contributed by atoms with Crippen LogP contribution in [0.4, 0.5) is 0 Å². The van der Waals surface area contributed by atoms with Crippen LogP contribution < -0.4 is 10.1 Å². The van der Waals surface area contributed by atoms with Crippen molar-refractivity contribution in [1.82, 2.24) is 10.2 Å². The zero-order valence-corrected chi connectivity index (χ0v) is 15.7. The number of benzene rings is 1. The molecule has 0 amide bonds. The highest BCUT2D eigenvalue weighted by Crippen LogP contribution is 2.27. The number of hydrogen-bond acceptors (Lipinski definition) is 3. The Kier molecular flexibility index (Phi) is 7.71. The molecule has 0 saturated heterocycles. The quantitative estimate of drug-likeness (QED) is 0.754. The van der Waals surface area contributed by atoms with E-state index in [2.05, 4.69) is 72.9 Å². The van der Waals surface area contributed by atoms with Crippen molar-refractivity contribution < 1.29 is 4.74 Å². The Labute approximate surface area is 138 Å². The maximum Gasteiger partial charge on any atom is 0.133 e. The number of nitrogens with one attached hydrogen (secondary N) is 1. The van der Waals surface area contributed by atoms with E-state index in [0.29, 0.717) is 18.1 Å². The Balaban J connectivity index is 2.54. The second kappa shape index (κ2) is 8.76. The number of nitrogens with zero attached hydrogens (tertiary/aromatic N) is 1. The molecule has 0 radical (unpaired) electrons. The second-order valence-electron chi connectivity index (χ2n) is 6.00. The maximum absolute atomic E-state index is 5.27. The van der Waals surface area contributed by atoms with E-state index in [1.165, 1.54) is 5.56 Å². The van der Waals surface area contributed by atoms with E-state index in [0.717, 1.165) is 23.3 Å². The van der Waals surface area contributed by atoms with Gasteiger partial charge in [-0.05, 0) is 68.2 Å². The van der Waals surface area contributed by atoms with Crippen LogP contribution in [0.3, 0.4) is 0 Å². The molecule has 0 aromatic heterocycles. The van der Waals surface area contributed by atoms with E-state index >= 15 is 0 Å². The summed E-state index contributed by atoms with van der Waals surface area (Å²) >= 11 is 3.54. The molecular formula is C17H29BrN2O. The highest BCUT2D eigenvalue weighted by Gasteiger charge is 2.13. The first kappa shape index (κ1) is 18.5. The van der Waals surface area contributed by atoms with Crippen LogP contribution in [0.15, 0.2) is 22.7 Å². The topological polar surface area (TPSA) is 24.5 Å². The fraction of sp³-hybridized carbons (Fsp3) is 0.647. The smallest absolute Gasteiger partial charge is 0.133 e. The Bertz CT molecular complexity index is 427. The zero-order chi connectivity index (χ0) is 16.0. The Morgan fingerprint density at radius 1 is 1.14 bits per heavy atom. The number of hydrogen-bond donors (Lipinski definition) is 1. The van der Waals surface area contributed by atoms with E-state index in [-0.39, 0.29) is 0 Å². The standard InChI is InChI=1S/C17H29BrN2O/c1-12(2)20(13(3)4)10-9-19-14(5)15-7-8-17(21-6)16(18)11-15/h7-8,11-14,19H,9-10H2,1-6H3. The Morgan fingerprint density at radius 2 is 1.76 bits per heavy atom. The molecule has 3 nitrogen and oxygen atoms in total. The Hall–Kier alpha value is -0.580. The van der Waals surface area contributed by atoms with Gasteiger partial charge in [0.05, 0.1) is 11.6 Å². The molecule has 1 aromatic carbocycles. The van der Waals surface area contributed by atoms with Crippen LogP contribution in [0, 0.1) is 0 Å². The minimum Gasteiger partial charge on any atom is -0.496 e. The summed E-state index contributed by atoms with van der Waals surface area (Å²) in [5.41, 5.74) is 1.27. The van der Waals surface area contributed by atoms with Gasteiger partial charge in [-0.15, -0.1) is 0 Å². The molecule has 0 aliphatic carbocycles. The van der Waals surface area contributed by atoms with Gasteiger partial charge < -0.3 is 10.1 Å². The summed E-state index contributed by atoms with van der Waals surface area (Å²) in [4.78, 5) is 2.50. The van der Waals surface area contributed by atoms with Crippen LogP contribution in [0.5, 0.6) is 5.75 Å². The fourth-order valence-corrected chi connectivity index (χ4v) is 3.15. The van der Waals surface area contributed by atoms with Crippen molar-refractivity contribution in [3.63, 3.8) is 0 Å². The molecule has 120 valence electrons. The third-order valence-corrected chi connectivity index (χ3v) is 4.44. The number of methoxy groups -OCH3 is 1. The zero-order valence-electron chi connectivity index (χ0n) is 14.1. The highest BCUT2D eigenvalue weighted by molar-refractivity contribution is 9.10. The van der Waals surface area contributed by atoms with Crippen molar-refractivity contribution in [2.24, 2.45) is 0 Å². The molecule has 0 heterocycles. The maximum atomic E-state index is 5.27. The first-order valence-electron chi connectivity index (χ1n) is 7.69. The molecule has 1 rings (SSSR count). The molecule has 1 atom stereocenters. The number of ether oxygens (including phenoxy) is 1. The van der Waals surface area contributed by atoms with E-state index in [9.17, 15) is 0 Å². The van der Waals surface area contributed by atoms with E-state index < -0.39 is 0 Å². The summed E-state index contributed by atoms with van der Waals surface area (Å²) in [7, 11) is 1.69.